The van der Waals surface area contributed by atoms with Gasteiger partial charge in [0.05, 0.1) is 22.5 Å². The molecule has 1 aromatic heterocycles. The zero-order chi connectivity index (χ0) is 14.0. The number of benzene rings is 1. The van der Waals surface area contributed by atoms with Crippen LogP contribution in [0, 0.1) is 0 Å². The molecule has 102 valence electrons. The van der Waals surface area contributed by atoms with Gasteiger partial charge in [0.15, 0.2) is 5.82 Å². The second-order valence-corrected chi connectivity index (χ2v) is 6.38. The van der Waals surface area contributed by atoms with E-state index >= 15 is 0 Å². The number of hydrogen-bond donors (Lipinski definition) is 1. The van der Waals surface area contributed by atoms with Crippen LogP contribution in [0.25, 0.3) is 11.4 Å². The third-order valence-corrected chi connectivity index (χ3v) is 4.50. The average molecular weight is 300 g/mol. The van der Waals surface area contributed by atoms with Crippen LogP contribution in [0.3, 0.4) is 0 Å². The number of tetrazole rings is 1. The summed E-state index contributed by atoms with van der Waals surface area (Å²) in [4.78, 5) is 0. The highest BCUT2D eigenvalue weighted by Crippen LogP contribution is 2.30. The van der Waals surface area contributed by atoms with Crippen molar-refractivity contribution in [1.29, 1.82) is 0 Å². The maximum atomic E-state index is 11.4. The highest BCUT2D eigenvalue weighted by Gasteiger charge is 2.16. The summed E-state index contributed by atoms with van der Waals surface area (Å²) in [6.45, 7) is 2.33. The van der Waals surface area contributed by atoms with E-state index in [0.29, 0.717) is 28.6 Å². The molecule has 0 aliphatic heterocycles. The normalized spacial score (nSPS) is 14.3. The second kappa shape index (κ2) is 5.66. The quantitative estimate of drug-likeness (QED) is 0.861. The SMILES string of the molecule is CC(Cn1nnnc1-c1cccc(N)c1Cl)S(C)=O. The number of nitrogen functional groups attached to an aromatic ring is 1. The molecule has 2 aromatic rings. The minimum Gasteiger partial charge on any atom is -0.398 e. The Labute approximate surface area is 118 Å². The zero-order valence-corrected chi connectivity index (χ0v) is 12.1. The number of nitrogens with zero attached hydrogens (tertiary/aromatic N) is 4. The lowest BCUT2D eigenvalue weighted by atomic mass is 10.2. The Hall–Kier alpha value is -1.47. The first-order chi connectivity index (χ1) is 9.00. The van der Waals surface area contributed by atoms with Crippen molar-refractivity contribution in [1.82, 2.24) is 20.2 Å². The van der Waals surface area contributed by atoms with Gasteiger partial charge in [-0.3, -0.25) is 4.21 Å². The summed E-state index contributed by atoms with van der Waals surface area (Å²) in [6, 6.07) is 5.30. The molecule has 19 heavy (non-hydrogen) atoms. The first kappa shape index (κ1) is 14.0. The molecule has 6 nitrogen and oxygen atoms in total. The van der Waals surface area contributed by atoms with E-state index in [9.17, 15) is 4.21 Å². The van der Waals surface area contributed by atoms with Crippen LogP contribution in [0.4, 0.5) is 5.69 Å². The first-order valence-electron chi connectivity index (χ1n) is 5.63. The molecule has 0 bridgehead atoms. The van der Waals surface area contributed by atoms with E-state index in [1.54, 1.807) is 29.1 Å². The van der Waals surface area contributed by atoms with Crippen molar-refractivity contribution in [3.63, 3.8) is 0 Å². The minimum absolute atomic E-state index is 0.0536. The van der Waals surface area contributed by atoms with E-state index in [2.05, 4.69) is 15.5 Å². The van der Waals surface area contributed by atoms with Crippen LogP contribution in [0.2, 0.25) is 5.02 Å². The van der Waals surface area contributed by atoms with Gasteiger partial charge in [-0.05, 0) is 29.5 Å². The largest absolute Gasteiger partial charge is 0.398 e. The lowest BCUT2D eigenvalue weighted by molar-refractivity contribution is 0.579. The van der Waals surface area contributed by atoms with Gasteiger partial charge in [-0.25, -0.2) is 4.68 Å². The van der Waals surface area contributed by atoms with Gasteiger partial charge in [0.1, 0.15) is 0 Å². The fraction of sp³-hybridized carbons (Fsp3) is 0.364. The maximum absolute atomic E-state index is 11.4. The Morgan fingerprint density at radius 1 is 1.53 bits per heavy atom. The Kier molecular flexibility index (Phi) is 4.16. The molecule has 2 unspecified atom stereocenters. The van der Waals surface area contributed by atoms with Crippen LogP contribution >= 0.6 is 11.6 Å². The van der Waals surface area contributed by atoms with Crippen molar-refractivity contribution in [2.75, 3.05) is 12.0 Å². The Morgan fingerprint density at radius 3 is 2.95 bits per heavy atom. The lowest BCUT2D eigenvalue weighted by Crippen LogP contribution is -2.19. The second-order valence-electron chi connectivity index (χ2n) is 4.20. The Bertz CT molecular complexity index is 615. The van der Waals surface area contributed by atoms with Gasteiger partial charge >= 0.3 is 0 Å². The molecule has 0 fully saturated rings. The molecule has 2 N–H and O–H groups in total. The fourth-order valence-electron chi connectivity index (χ4n) is 1.59. The maximum Gasteiger partial charge on any atom is 0.183 e. The summed E-state index contributed by atoms with van der Waals surface area (Å²) in [5.74, 6) is 0.523. The highest BCUT2D eigenvalue weighted by atomic mass is 35.5. The van der Waals surface area contributed by atoms with Crippen LogP contribution in [0.1, 0.15) is 6.92 Å². The predicted molar refractivity (Wildman–Crippen MR) is 76.2 cm³/mol. The minimum atomic E-state index is -0.943. The molecule has 0 spiro atoms. The smallest absolute Gasteiger partial charge is 0.183 e. The molecular weight excluding hydrogens is 286 g/mol. The molecule has 2 atom stereocenters. The monoisotopic (exact) mass is 299 g/mol. The van der Waals surface area contributed by atoms with E-state index < -0.39 is 10.8 Å². The standard InChI is InChI=1S/C11H14ClN5OS/c1-7(19(2)18)6-17-11(14-15-16-17)8-4-3-5-9(13)10(8)12/h3-5,7H,6,13H2,1-2H3. The molecule has 2 rings (SSSR count). The van der Waals surface area contributed by atoms with Gasteiger partial charge in [-0.1, -0.05) is 17.7 Å². The molecule has 0 saturated heterocycles. The van der Waals surface area contributed by atoms with Crippen LogP contribution in [0.5, 0.6) is 0 Å². The first-order valence-corrected chi connectivity index (χ1v) is 7.63. The van der Waals surface area contributed by atoms with Gasteiger partial charge in [0.25, 0.3) is 0 Å². The molecule has 0 amide bonds. The number of aromatic nitrogens is 4. The van der Waals surface area contributed by atoms with Gasteiger partial charge in [0.2, 0.25) is 0 Å². The van der Waals surface area contributed by atoms with Crippen LogP contribution < -0.4 is 5.73 Å². The molecule has 0 radical (unpaired) electrons. The summed E-state index contributed by atoms with van der Waals surface area (Å²) in [7, 11) is -0.943. The lowest BCUT2D eigenvalue weighted by Gasteiger charge is -2.10. The highest BCUT2D eigenvalue weighted by molar-refractivity contribution is 7.84. The Balaban J connectivity index is 2.39. The van der Waals surface area contributed by atoms with E-state index in [1.165, 1.54) is 0 Å². The summed E-state index contributed by atoms with van der Waals surface area (Å²) in [5, 5.41) is 11.9. The third kappa shape index (κ3) is 2.93. The van der Waals surface area contributed by atoms with Crippen molar-refractivity contribution in [2.45, 2.75) is 18.7 Å². The molecule has 0 saturated carbocycles. The van der Waals surface area contributed by atoms with Crippen LogP contribution in [-0.2, 0) is 17.3 Å². The van der Waals surface area contributed by atoms with Crippen molar-refractivity contribution in [3.8, 4) is 11.4 Å². The summed E-state index contributed by atoms with van der Waals surface area (Å²) >= 11 is 6.16. The molecule has 8 heteroatoms. The molecule has 1 aromatic carbocycles. The summed E-state index contributed by atoms with van der Waals surface area (Å²) in [5.41, 5.74) is 6.91. The number of hydrogen-bond acceptors (Lipinski definition) is 5. The van der Waals surface area contributed by atoms with Crippen molar-refractivity contribution >= 4 is 28.1 Å². The van der Waals surface area contributed by atoms with Crippen molar-refractivity contribution in [2.24, 2.45) is 0 Å². The van der Waals surface area contributed by atoms with Crippen LogP contribution in [0.15, 0.2) is 18.2 Å². The predicted octanol–water partition coefficient (Wildman–Crippen LogP) is 1.34. The van der Waals surface area contributed by atoms with Gasteiger partial charge in [-0.2, -0.15) is 0 Å². The number of nitrogens with two attached hydrogens (primary N) is 1. The van der Waals surface area contributed by atoms with Gasteiger partial charge in [0, 0.05) is 22.6 Å². The fourth-order valence-corrected chi connectivity index (χ4v) is 2.15. The van der Waals surface area contributed by atoms with E-state index in [0.717, 1.165) is 0 Å². The molecule has 0 aliphatic rings. The van der Waals surface area contributed by atoms with E-state index in [4.69, 9.17) is 17.3 Å². The van der Waals surface area contributed by atoms with E-state index in [1.807, 2.05) is 6.92 Å². The van der Waals surface area contributed by atoms with E-state index in [-0.39, 0.29) is 5.25 Å². The number of halogens is 1. The van der Waals surface area contributed by atoms with Crippen LogP contribution in [-0.4, -0.2) is 35.9 Å². The zero-order valence-electron chi connectivity index (χ0n) is 10.6. The average Bonchev–Trinajstić information content (AvgIpc) is 2.80. The van der Waals surface area contributed by atoms with Gasteiger partial charge in [-0.15, -0.1) is 5.10 Å². The summed E-state index contributed by atoms with van der Waals surface area (Å²) < 4.78 is 13.0. The molecule has 0 aliphatic carbocycles. The summed E-state index contributed by atoms with van der Waals surface area (Å²) in [6.07, 6.45) is 1.65. The Morgan fingerprint density at radius 2 is 2.26 bits per heavy atom. The molecule has 1 heterocycles. The van der Waals surface area contributed by atoms with Crippen molar-refractivity contribution < 1.29 is 4.21 Å². The topological polar surface area (TPSA) is 86.7 Å². The third-order valence-electron chi connectivity index (χ3n) is 2.80. The molecular formula is C11H14ClN5OS. The number of anilines is 1. The van der Waals surface area contributed by atoms with Crippen molar-refractivity contribution in [3.05, 3.63) is 23.2 Å². The number of rotatable bonds is 4. The van der Waals surface area contributed by atoms with Gasteiger partial charge < -0.3 is 5.73 Å².